The third-order valence-corrected chi connectivity index (χ3v) is 9.38. The first-order valence-corrected chi connectivity index (χ1v) is 15.7. The average molecular weight is 561 g/mol. The maximum absolute atomic E-state index is 10.2. The summed E-state index contributed by atoms with van der Waals surface area (Å²) < 4.78 is 8.94. The Morgan fingerprint density at radius 2 is 1.09 bits per heavy atom. The molecule has 200 valence electrons. The molecule has 0 aliphatic rings. The molecular formula is C25H44N4O2S4. The van der Waals surface area contributed by atoms with Crippen LogP contribution in [-0.4, -0.2) is 51.5 Å². The molecule has 0 saturated carbocycles. The van der Waals surface area contributed by atoms with Gasteiger partial charge in [0.1, 0.15) is 0 Å². The largest absolute Gasteiger partial charge is 0.493 e. The van der Waals surface area contributed by atoms with Crippen molar-refractivity contribution in [3.63, 3.8) is 0 Å². The molecule has 0 bridgehead atoms. The highest BCUT2D eigenvalue weighted by Crippen LogP contribution is 2.30. The van der Waals surface area contributed by atoms with E-state index in [4.69, 9.17) is 24.4 Å². The van der Waals surface area contributed by atoms with Crippen LogP contribution in [-0.2, 0) is 26.2 Å². The van der Waals surface area contributed by atoms with E-state index in [9.17, 15) is 10.2 Å². The van der Waals surface area contributed by atoms with Crippen LogP contribution >= 0.6 is 48.0 Å². The molecule has 2 N–H and O–H groups in total. The molecule has 0 fully saturated rings. The van der Waals surface area contributed by atoms with E-state index in [1.165, 1.54) is 17.9 Å². The summed E-state index contributed by atoms with van der Waals surface area (Å²) in [7, 11) is 0. The zero-order chi connectivity index (χ0) is 26.2. The van der Waals surface area contributed by atoms with Crippen molar-refractivity contribution in [2.24, 2.45) is 10.8 Å². The van der Waals surface area contributed by atoms with Crippen molar-refractivity contribution in [3.8, 4) is 11.8 Å². The van der Waals surface area contributed by atoms with Gasteiger partial charge in [-0.2, -0.15) is 23.5 Å². The zero-order valence-electron chi connectivity index (χ0n) is 22.2. The monoisotopic (exact) mass is 560 g/mol. The van der Waals surface area contributed by atoms with Crippen LogP contribution in [0.4, 0.5) is 0 Å². The van der Waals surface area contributed by atoms with Gasteiger partial charge in [0, 0.05) is 26.2 Å². The maximum Gasteiger partial charge on any atom is 0.210 e. The van der Waals surface area contributed by atoms with Gasteiger partial charge in [-0.15, -0.1) is 0 Å². The van der Waals surface area contributed by atoms with E-state index in [2.05, 4.69) is 27.7 Å². The number of thioether (sulfide) groups is 2. The second kappa shape index (κ2) is 13.6. The fourth-order valence-electron chi connectivity index (χ4n) is 3.96. The van der Waals surface area contributed by atoms with Crippen molar-refractivity contribution in [1.29, 1.82) is 0 Å². The minimum atomic E-state index is 0.0817. The number of nitrogens with zero attached hydrogens (tertiary/aromatic N) is 4. The molecule has 0 aromatic carbocycles. The van der Waals surface area contributed by atoms with Gasteiger partial charge in [0.25, 0.3) is 0 Å². The van der Waals surface area contributed by atoms with E-state index >= 15 is 0 Å². The Hall–Kier alpha value is -0.840. The molecule has 0 saturated heterocycles. The third-order valence-electron chi connectivity index (χ3n) is 6.33. The van der Waals surface area contributed by atoms with E-state index in [0.717, 1.165) is 50.5 Å². The lowest BCUT2D eigenvalue weighted by Gasteiger charge is -2.25. The van der Waals surface area contributed by atoms with Gasteiger partial charge < -0.3 is 19.3 Å². The summed E-state index contributed by atoms with van der Waals surface area (Å²) in [5, 5.41) is 20.5. The Balaban J connectivity index is 1.62. The predicted molar refractivity (Wildman–Crippen MR) is 157 cm³/mol. The van der Waals surface area contributed by atoms with Crippen molar-refractivity contribution >= 4 is 48.0 Å². The standard InChI is InChI=1S/C25H44N4O2S4/c1-7-26-16-20(30)28(22(26)32)18-24(3,4)10-14-34-12-9-13-35-15-11-25(5,6)19-29-21(31)17-27(8-2)23(29)33/h16-17,30-31H,7-15,18-19H2,1-6H3. The molecule has 2 aromatic rings. The minimum absolute atomic E-state index is 0.0817. The number of rotatable bonds is 16. The van der Waals surface area contributed by atoms with Crippen LogP contribution in [0.5, 0.6) is 11.8 Å². The number of imidazole rings is 2. The first-order valence-electron chi connectivity index (χ1n) is 12.5. The molecule has 0 aliphatic carbocycles. The summed E-state index contributed by atoms with van der Waals surface area (Å²) in [5.41, 5.74) is 0.163. The Kier molecular flexibility index (Phi) is 11.8. The summed E-state index contributed by atoms with van der Waals surface area (Å²) >= 11 is 15.0. The van der Waals surface area contributed by atoms with Crippen molar-refractivity contribution in [2.75, 3.05) is 23.0 Å². The minimum Gasteiger partial charge on any atom is -0.493 e. The van der Waals surface area contributed by atoms with Gasteiger partial charge in [0.15, 0.2) is 9.54 Å². The van der Waals surface area contributed by atoms with E-state index in [-0.39, 0.29) is 22.6 Å². The quantitative estimate of drug-likeness (QED) is 0.167. The van der Waals surface area contributed by atoms with Gasteiger partial charge in [0.05, 0.1) is 12.4 Å². The molecular weight excluding hydrogens is 517 g/mol. The molecule has 0 atom stereocenters. The highest BCUT2D eigenvalue weighted by Gasteiger charge is 2.22. The summed E-state index contributed by atoms with van der Waals surface area (Å²) in [5.74, 6) is 5.12. The first kappa shape index (κ1) is 30.4. The predicted octanol–water partition coefficient (Wildman–Crippen LogP) is 7.19. The van der Waals surface area contributed by atoms with Gasteiger partial charge in [-0.3, -0.25) is 9.13 Å². The van der Waals surface area contributed by atoms with Gasteiger partial charge >= 0.3 is 0 Å². The first-order chi connectivity index (χ1) is 16.4. The fraction of sp³-hybridized carbons (Fsp3) is 0.760. The van der Waals surface area contributed by atoms with E-state index in [1.807, 2.05) is 55.6 Å². The van der Waals surface area contributed by atoms with Crippen LogP contribution in [0.3, 0.4) is 0 Å². The van der Waals surface area contributed by atoms with Crippen molar-refractivity contribution < 1.29 is 10.2 Å². The molecule has 0 spiro atoms. The van der Waals surface area contributed by atoms with E-state index in [0.29, 0.717) is 9.54 Å². The average Bonchev–Trinajstić information content (AvgIpc) is 3.21. The molecule has 35 heavy (non-hydrogen) atoms. The molecule has 2 heterocycles. The lowest BCUT2D eigenvalue weighted by Crippen LogP contribution is -2.21. The van der Waals surface area contributed by atoms with E-state index in [1.54, 1.807) is 12.4 Å². The van der Waals surface area contributed by atoms with Crippen molar-refractivity contribution in [3.05, 3.63) is 21.9 Å². The molecule has 0 radical (unpaired) electrons. The van der Waals surface area contributed by atoms with Gasteiger partial charge in [-0.05, 0) is 91.4 Å². The number of aryl methyl sites for hydroxylation is 2. The highest BCUT2D eigenvalue weighted by molar-refractivity contribution is 8.00. The van der Waals surface area contributed by atoms with Crippen molar-refractivity contribution in [2.45, 2.75) is 87.0 Å². The summed E-state index contributed by atoms with van der Waals surface area (Å²) in [6, 6.07) is 0. The van der Waals surface area contributed by atoms with E-state index < -0.39 is 0 Å². The molecule has 6 nitrogen and oxygen atoms in total. The number of hydrogen-bond donors (Lipinski definition) is 2. The molecule has 10 heteroatoms. The SMILES string of the molecule is CCn1cc(O)n(CC(C)(C)CCSCCCSCCC(C)(C)Cn2c(O)cn(CC)c2=S)c1=S. The Bertz CT molecular complexity index is 967. The Morgan fingerprint density at radius 1 is 0.714 bits per heavy atom. The van der Waals surface area contributed by atoms with Crippen LogP contribution in [0.25, 0.3) is 0 Å². The maximum atomic E-state index is 10.2. The number of hydrogen-bond acceptors (Lipinski definition) is 6. The van der Waals surface area contributed by atoms with Crippen LogP contribution in [0.2, 0.25) is 0 Å². The van der Waals surface area contributed by atoms with Gasteiger partial charge in [0.2, 0.25) is 11.8 Å². The fourth-order valence-corrected chi connectivity index (χ4v) is 7.32. The summed E-state index contributed by atoms with van der Waals surface area (Å²) in [4.78, 5) is 0. The number of aromatic hydroxyl groups is 2. The van der Waals surface area contributed by atoms with Crippen LogP contribution in [0.15, 0.2) is 12.4 Å². The topological polar surface area (TPSA) is 60.2 Å². The Morgan fingerprint density at radius 3 is 1.40 bits per heavy atom. The molecule has 0 amide bonds. The zero-order valence-corrected chi connectivity index (χ0v) is 25.5. The summed E-state index contributed by atoms with van der Waals surface area (Å²) in [6.07, 6.45) is 6.85. The normalized spacial score (nSPS) is 12.5. The molecule has 0 unspecified atom stereocenters. The third kappa shape index (κ3) is 9.20. The Labute approximate surface area is 230 Å². The summed E-state index contributed by atoms with van der Waals surface area (Å²) in [6.45, 7) is 16.1. The smallest absolute Gasteiger partial charge is 0.210 e. The highest BCUT2D eigenvalue weighted by atomic mass is 32.2. The molecule has 2 aromatic heterocycles. The van der Waals surface area contributed by atoms with Gasteiger partial charge in [-0.1, -0.05) is 27.7 Å². The van der Waals surface area contributed by atoms with Crippen LogP contribution < -0.4 is 0 Å². The second-order valence-electron chi connectivity index (χ2n) is 10.7. The molecule has 2 rings (SSSR count). The van der Waals surface area contributed by atoms with Crippen molar-refractivity contribution in [1.82, 2.24) is 18.3 Å². The second-order valence-corrected chi connectivity index (χ2v) is 13.9. The number of aromatic nitrogens is 4. The van der Waals surface area contributed by atoms with Gasteiger partial charge in [-0.25, -0.2) is 0 Å². The van der Waals surface area contributed by atoms with Crippen LogP contribution in [0.1, 0.15) is 60.8 Å². The van der Waals surface area contributed by atoms with Crippen LogP contribution in [0, 0.1) is 20.4 Å². The lowest BCUT2D eigenvalue weighted by atomic mass is 9.90. The molecule has 0 aliphatic heterocycles. The lowest BCUT2D eigenvalue weighted by molar-refractivity contribution is 0.275.